The van der Waals surface area contributed by atoms with Crippen molar-refractivity contribution in [2.45, 2.75) is 13.8 Å². The summed E-state index contributed by atoms with van der Waals surface area (Å²) in [4.78, 5) is 41.3. The van der Waals surface area contributed by atoms with Crippen molar-refractivity contribution in [3.8, 4) is 0 Å². The molecule has 0 fully saturated rings. The Hall–Kier alpha value is -3.52. The fraction of sp³-hybridized carbons (Fsp3) is 0.182. The molecule has 7 nitrogen and oxygen atoms in total. The first-order valence-corrected chi connectivity index (χ1v) is 9.89. The number of amides is 1. The standard InChI is InChI=1S/C22H20N2O5S/c1-13-14(2)30-21(20(13)22(27)28-3)24-18(25)12-29-19(26)11-10-16-9-8-15-6-4-5-7-17(15)23-16/h4-11H,12H2,1-3H3,(H,24,25)/b11-10+. The van der Waals surface area contributed by atoms with Gasteiger partial charge in [0.05, 0.1) is 23.9 Å². The second kappa shape index (κ2) is 9.32. The third-order valence-corrected chi connectivity index (χ3v) is 5.51. The van der Waals surface area contributed by atoms with E-state index in [0.29, 0.717) is 16.3 Å². The molecule has 3 aromatic rings. The van der Waals surface area contributed by atoms with Gasteiger partial charge in [-0.05, 0) is 37.6 Å². The summed E-state index contributed by atoms with van der Waals surface area (Å²) >= 11 is 1.26. The van der Waals surface area contributed by atoms with Gasteiger partial charge in [0.1, 0.15) is 5.00 Å². The number of rotatable bonds is 6. The van der Waals surface area contributed by atoms with Crippen LogP contribution in [0.5, 0.6) is 0 Å². The number of aryl methyl sites for hydroxylation is 1. The zero-order valence-electron chi connectivity index (χ0n) is 16.7. The Morgan fingerprint density at radius 2 is 1.90 bits per heavy atom. The number of carbonyl (C=O) groups excluding carboxylic acids is 3. The number of pyridine rings is 1. The zero-order valence-corrected chi connectivity index (χ0v) is 17.5. The van der Waals surface area contributed by atoms with E-state index < -0.39 is 24.5 Å². The summed E-state index contributed by atoms with van der Waals surface area (Å²) in [5.74, 6) is -1.76. The summed E-state index contributed by atoms with van der Waals surface area (Å²) < 4.78 is 9.74. The predicted molar refractivity (Wildman–Crippen MR) is 115 cm³/mol. The maximum absolute atomic E-state index is 12.2. The first-order valence-electron chi connectivity index (χ1n) is 9.08. The number of ether oxygens (including phenoxy) is 2. The fourth-order valence-corrected chi connectivity index (χ4v) is 3.80. The van der Waals surface area contributed by atoms with Crippen molar-refractivity contribution in [2.75, 3.05) is 19.0 Å². The van der Waals surface area contributed by atoms with Crippen LogP contribution in [-0.2, 0) is 19.1 Å². The first-order chi connectivity index (χ1) is 14.4. The molecule has 0 aliphatic heterocycles. The average molecular weight is 424 g/mol. The molecule has 154 valence electrons. The fourth-order valence-electron chi connectivity index (χ4n) is 2.74. The Balaban J connectivity index is 1.58. The van der Waals surface area contributed by atoms with E-state index in [1.807, 2.05) is 37.3 Å². The highest BCUT2D eigenvalue weighted by molar-refractivity contribution is 7.16. The molecule has 0 saturated carbocycles. The highest BCUT2D eigenvalue weighted by Gasteiger charge is 2.21. The molecule has 1 aromatic carbocycles. The number of thiophene rings is 1. The minimum atomic E-state index is -0.674. The average Bonchev–Trinajstić information content (AvgIpc) is 3.02. The Morgan fingerprint density at radius 3 is 2.67 bits per heavy atom. The monoisotopic (exact) mass is 424 g/mol. The summed E-state index contributed by atoms with van der Waals surface area (Å²) in [6.07, 6.45) is 2.73. The second-order valence-corrected chi connectivity index (χ2v) is 7.62. The van der Waals surface area contributed by atoms with Crippen LogP contribution in [0.2, 0.25) is 0 Å². The minimum Gasteiger partial charge on any atom is -0.465 e. The van der Waals surface area contributed by atoms with Gasteiger partial charge in [-0.25, -0.2) is 14.6 Å². The Morgan fingerprint density at radius 1 is 1.13 bits per heavy atom. The lowest BCUT2D eigenvalue weighted by Gasteiger charge is -2.06. The van der Waals surface area contributed by atoms with E-state index in [0.717, 1.165) is 21.3 Å². The van der Waals surface area contributed by atoms with Crippen molar-refractivity contribution in [1.29, 1.82) is 0 Å². The molecular formula is C22H20N2O5S. The van der Waals surface area contributed by atoms with E-state index in [-0.39, 0.29) is 0 Å². The van der Waals surface area contributed by atoms with Gasteiger partial charge in [0.15, 0.2) is 6.61 Å². The van der Waals surface area contributed by atoms with Crippen LogP contribution in [0, 0.1) is 13.8 Å². The predicted octanol–water partition coefficient (Wildman–Crippen LogP) is 3.89. The molecule has 0 bridgehead atoms. The molecule has 0 radical (unpaired) electrons. The number of carbonyl (C=O) groups is 3. The number of nitrogens with one attached hydrogen (secondary N) is 1. The van der Waals surface area contributed by atoms with Crippen molar-refractivity contribution in [2.24, 2.45) is 0 Å². The summed E-state index contributed by atoms with van der Waals surface area (Å²) in [7, 11) is 1.28. The van der Waals surface area contributed by atoms with Crippen molar-refractivity contribution < 1.29 is 23.9 Å². The molecule has 0 aliphatic rings. The van der Waals surface area contributed by atoms with Gasteiger partial charge in [-0.15, -0.1) is 11.3 Å². The number of para-hydroxylation sites is 1. The summed E-state index contributed by atoms with van der Waals surface area (Å²) in [5, 5.41) is 3.97. The van der Waals surface area contributed by atoms with Gasteiger partial charge in [0.2, 0.25) is 0 Å². The zero-order chi connectivity index (χ0) is 21.7. The Kier molecular flexibility index (Phi) is 6.58. The number of benzene rings is 1. The van der Waals surface area contributed by atoms with Crippen molar-refractivity contribution in [1.82, 2.24) is 4.98 Å². The van der Waals surface area contributed by atoms with Crippen LogP contribution in [0.1, 0.15) is 26.5 Å². The lowest BCUT2D eigenvalue weighted by Crippen LogP contribution is -2.21. The quantitative estimate of drug-likeness (QED) is 0.476. The van der Waals surface area contributed by atoms with E-state index >= 15 is 0 Å². The van der Waals surface area contributed by atoms with Gasteiger partial charge < -0.3 is 14.8 Å². The summed E-state index contributed by atoms with van der Waals surface area (Å²) in [6.45, 7) is 3.14. The topological polar surface area (TPSA) is 94.6 Å². The Bertz CT molecular complexity index is 1150. The number of methoxy groups -OCH3 is 1. The smallest absolute Gasteiger partial charge is 0.341 e. The van der Waals surface area contributed by atoms with Crippen molar-refractivity contribution in [3.05, 3.63) is 64.2 Å². The highest BCUT2D eigenvalue weighted by atomic mass is 32.1. The number of anilines is 1. The molecule has 0 spiro atoms. The van der Waals surface area contributed by atoms with Crippen LogP contribution in [0.15, 0.2) is 42.5 Å². The molecular weight excluding hydrogens is 404 g/mol. The van der Waals surface area contributed by atoms with Crippen LogP contribution in [0.4, 0.5) is 5.00 Å². The number of esters is 2. The normalized spacial score (nSPS) is 10.9. The molecule has 3 rings (SSSR count). The van der Waals surface area contributed by atoms with E-state index in [1.54, 1.807) is 13.0 Å². The summed E-state index contributed by atoms with van der Waals surface area (Å²) in [5.41, 5.74) is 2.46. The summed E-state index contributed by atoms with van der Waals surface area (Å²) in [6, 6.07) is 11.3. The van der Waals surface area contributed by atoms with Crippen LogP contribution in [-0.4, -0.2) is 36.5 Å². The maximum Gasteiger partial charge on any atom is 0.341 e. The molecule has 2 aromatic heterocycles. The SMILES string of the molecule is COC(=O)c1c(NC(=O)COC(=O)/C=C/c2ccc3ccccc3n2)sc(C)c1C. The van der Waals surface area contributed by atoms with Crippen molar-refractivity contribution in [3.63, 3.8) is 0 Å². The molecule has 1 amide bonds. The van der Waals surface area contributed by atoms with E-state index in [4.69, 9.17) is 9.47 Å². The van der Waals surface area contributed by atoms with Gasteiger partial charge >= 0.3 is 11.9 Å². The Labute approximate surface area is 177 Å². The number of nitrogens with zero attached hydrogens (tertiary/aromatic N) is 1. The molecule has 0 atom stereocenters. The molecule has 0 aliphatic carbocycles. The van der Waals surface area contributed by atoms with Crippen LogP contribution < -0.4 is 5.32 Å². The van der Waals surface area contributed by atoms with Crippen molar-refractivity contribution >= 4 is 51.2 Å². The number of hydrogen-bond donors (Lipinski definition) is 1. The number of aromatic nitrogens is 1. The molecule has 2 heterocycles. The van der Waals surface area contributed by atoms with Crippen LogP contribution in [0.25, 0.3) is 17.0 Å². The molecule has 0 saturated heterocycles. The van der Waals surface area contributed by atoms with Gasteiger partial charge in [-0.1, -0.05) is 24.3 Å². The minimum absolute atomic E-state index is 0.307. The third-order valence-electron chi connectivity index (χ3n) is 4.38. The molecule has 0 unspecified atom stereocenters. The lowest BCUT2D eigenvalue weighted by atomic mass is 10.1. The van der Waals surface area contributed by atoms with Crippen LogP contribution >= 0.6 is 11.3 Å². The van der Waals surface area contributed by atoms with Crippen LogP contribution in [0.3, 0.4) is 0 Å². The number of hydrogen-bond acceptors (Lipinski definition) is 7. The largest absolute Gasteiger partial charge is 0.465 e. The van der Waals surface area contributed by atoms with E-state index in [9.17, 15) is 14.4 Å². The van der Waals surface area contributed by atoms with Gasteiger partial charge in [-0.3, -0.25) is 4.79 Å². The van der Waals surface area contributed by atoms with Gasteiger partial charge in [0, 0.05) is 16.3 Å². The van der Waals surface area contributed by atoms with E-state index in [1.165, 1.54) is 30.6 Å². The second-order valence-electron chi connectivity index (χ2n) is 6.40. The molecule has 8 heteroatoms. The van der Waals surface area contributed by atoms with Gasteiger partial charge in [0.25, 0.3) is 5.91 Å². The van der Waals surface area contributed by atoms with Gasteiger partial charge in [-0.2, -0.15) is 0 Å². The lowest BCUT2D eigenvalue weighted by molar-refractivity contribution is -0.142. The number of fused-ring (bicyclic) bond motifs is 1. The maximum atomic E-state index is 12.2. The van der Waals surface area contributed by atoms with E-state index in [2.05, 4.69) is 10.3 Å². The first kappa shape index (κ1) is 21.2. The highest BCUT2D eigenvalue weighted by Crippen LogP contribution is 2.32. The molecule has 30 heavy (non-hydrogen) atoms. The third kappa shape index (κ3) is 4.90. The molecule has 1 N–H and O–H groups in total.